The lowest BCUT2D eigenvalue weighted by atomic mass is 10.1. The largest absolute Gasteiger partial charge is 0.384 e. The van der Waals surface area contributed by atoms with Gasteiger partial charge in [0.05, 0.1) is 0 Å². The second-order valence-electron chi connectivity index (χ2n) is 3.48. The Morgan fingerprint density at radius 2 is 2.19 bits per heavy atom. The Kier molecular flexibility index (Phi) is 3.00. The molecule has 1 heterocycles. The lowest BCUT2D eigenvalue weighted by Gasteiger charge is -2.06. The molecule has 0 amide bonds. The maximum absolute atomic E-state index is 5.58. The molecule has 0 atom stereocenters. The summed E-state index contributed by atoms with van der Waals surface area (Å²) in [6.45, 7) is 2.12. The highest BCUT2D eigenvalue weighted by molar-refractivity contribution is 5.55. The quantitative estimate of drug-likeness (QED) is 0.823. The Morgan fingerprint density at radius 1 is 1.31 bits per heavy atom. The average molecular weight is 214 g/mol. The van der Waals surface area contributed by atoms with Gasteiger partial charge in [0.1, 0.15) is 5.82 Å². The first kappa shape index (κ1) is 10.4. The highest BCUT2D eigenvalue weighted by atomic mass is 15.1. The molecule has 3 N–H and O–H groups in total. The molecule has 1 aromatic heterocycles. The van der Waals surface area contributed by atoms with E-state index in [2.05, 4.69) is 34.3 Å². The predicted octanol–water partition coefficient (Wildman–Crippen LogP) is 2.36. The van der Waals surface area contributed by atoms with E-state index in [1.54, 1.807) is 12.3 Å². The van der Waals surface area contributed by atoms with Crippen molar-refractivity contribution in [1.82, 2.24) is 9.97 Å². The number of anilines is 3. The van der Waals surface area contributed by atoms with Crippen molar-refractivity contribution >= 4 is 17.5 Å². The van der Waals surface area contributed by atoms with Crippen molar-refractivity contribution in [3.8, 4) is 0 Å². The van der Waals surface area contributed by atoms with Crippen molar-refractivity contribution in [2.75, 3.05) is 11.1 Å². The summed E-state index contributed by atoms with van der Waals surface area (Å²) in [5, 5.41) is 3.12. The molecular weight excluding hydrogens is 200 g/mol. The molecule has 0 bridgehead atoms. The molecule has 0 saturated heterocycles. The highest BCUT2D eigenvalue weighted by Crippen LogP contribution is 2.15. The molecule has 1 aromatic carbocycles. The summed E-state index contributed by atoms with van der Waals surface area (Å²) in [5.41, 5.74) is 7.83. The van der Waals surface area contributed by atoms with E-state index in [1.807, 2.05) is 12.1 Å². The van der Waals surface area contributed by atoms with E-state index >= 15 is 0 Å². The molecule has 2 rings (SSSR count). The first-order chi connectivity index (χ1) is 7.78. The number of nitrogen functional groups attached to an aromatic ring is 1. The summed E-state index contributed by atoms with van der Waals surface area (Å²) >= 11 is 0. The van der Waals surface area contributed by atoms with Crippen molar-refractivity contribution in [3.05, 3.63) is 42.1 Å². The molecule has 2 aromatic rings. The summed E-state index contributed by atoms with van der Waals surface area (Å²) in [6, 6.07) is 9.81. The van der Waals surface area contributed by atoms with Crippen LogP contribution in [0.25, 0.3) is 0 Å². The van der Waals surface area contributed by atoms with Crippen molar-refractivity contribution in [2.45, 2.75) is 13.3 Å². The molecule has 0 aliphatic carbocycles. The van der Waals surface area contributed by atoms with Gasteiger partial charge in [-0.2, -0.15) is 4.98 Å². The van der Waals surface area contributed by atoms with Gasteiger partial charge in [0, 0.05) is 11.9 Å². The Labute approximate surface area is 94.5 Å². The Balaban J connectivity index is 2.20. The molecule has 0 unspecified atom stereocenters. The topological polar surface area (TPSA) is 63.8 Å². The normalized spacial score (nSPS) is 10.1. The highest BCUT2D eigenvalue weighted by Gasteiger charge is 1.98. The number of hydrogen-bond acceptors (Lipinski definition) is 4. The van der Waals surface area contributed by atoms with Crippen LogP contribution >= 0.6 is 0 Å². The van der Waals surface area contributed by atoms with E-state index in [0.717, 1.165) is 12.1 Å². The van der Waals surface area contributed by atoms with Crippen LogP contribution in [0, 0.1) is 0 Å². The van der Waals surface area contributed by atoms with Crippen LogP contribution in [0.15, 0.2) is 36.5 Å². The fourth-order valence-electron chi connectivity index (χ4n) is 1.43. The van der Waals surface area contributed by atoms with Crippen LogP contribution in [0.5, 0.6) is 0 Å². The maximum Gasteiger partial charge on any atom is 0.229 e. The Bertz CT molecular complexity index is 482. The smallest absolute Gasteiger partial charge is 0.229 e. The van der Waals surface area contributed by atoms with E-state index in [0.29, 0.717) is 11.8 Å². The summed E-state index contributed by atoms with van der Waals surface area (Å²) in [6.07, 6.45) is 2.64. The van der Waals surface area contributed by atoms with Crippen LogP contribution in [-0.4, -0.2) is 9.97 Å². The number of hydrogen-bond donors (Lipinski definition) is 2. The van der Waals surface area contributed by atoms with Gasteiger partial charge >= 0.3 is 0 Å². The van der Waals surface area contributed by atoms with Crippen LogP contribution < -0.4 is 11.1 Å². The molecule has 0 aliphatic rings. The van der Waals surface area contributed by atoms with E-state index in [4.69, 9.17) is 5.73 Å². The van der Waals surface area contributed by atoms with Gasteiger partial charge in [0.25, 0.3) is 0 Å². The third kappa shape index (κ3) is 2.48. The minimum Gasteiger partial charge on any atom is -0.384 e. The molecule has 4 heteroatoms. The zero-order valence-electron chi connectivity index (χ0n) is 9.14. The van der Waals surface area contributed by atoms with Gasteiger partial charge in [-0.15, -0.1) is 0 Å². The number of aryl methyl sites for hydroxylation is 1. The lowest BCUT2D eigenvalue weighted by molar-refractivity contribution is 1.13. The van der Waals surface area contributed by atoms with Gasteiger partial charge in [-0.25, -0.2) is 4.98 Å². The van der Waals surface area contributed by atoms with Crippen molar-refractivity contribution in [3.63, 3.8) is 0 Å². The minimum absolute atomic E-state index is 0.462. The first-order valence-electron chi connectivity index (χ1n) is 5.22. The second-order valence-corrected chi connectivity index (χ2v) is 3.48. The Morgan fingerprint density at radius 3 is 2.94 bits per heavy atom. The third-order valence-electron chi connectivity index (χ3n) is 2.27. The van der Waals surface area contributed by atoms with Crippen LogP contribution in [-0.2, 0) is 6.42 Å². The van der Waals surface area contributed by atoms with Gasteiger partial charge in [0.2, 0.25) is 5.95 Å². The van der Waals surface area contributed by atoms with Crippen molar-refractivity contribution in [1.29, 1.82) is 0 Å². The molecule has 0 aliphatic heterocycles. The van der Waals surface area contributed by atoms with E-state index in [-0.39, 0.29) is 0 Å². The number of nitrogens with zero attached hydrogens (tertiary/aromatic N) is 2. The monoisotopic (exact) mass is 214 g/mol. The van der Waals surface area contributed by atoms with Gasteiger partial charge in [0.15, 0.2) is 0 Å². The van der Waals surface area contributed by atoms with E-state index < -0.39 is 0 Å². The number of benzene rings is 1. The van der Waals surface area contributed by atoms with Crippen LogP contribution in [0.2, 0.25) is 0 Å². The third-order valence-corrected chi connectivity index (χ3v) is 2.27. The fraction of sp³-hybridized carbons (Fsp3) is 0.167. The molecule has 4 nitrogen and oxygen atoms in total. The van der Waals surface area contributed by atoms with Crippen LogP contribution in [0.3, 0.4) is 0 Å². The average Bonchev–Trinajstić information content (AvgIpc) is 2.29. The summed E-state index contributed by atoms with van der Waals surface area (Å²) < 4.78 is 0. The van der Waals surface area contributed by atoms with E-state index in [9.17, 15) is 0 Å². The van der Waals surface area contributed by atoms with Gasteiger partial charge in [-0.1, -0.05) is 19.1 Å². The van der Waals surface area contributed by atoms with Crippen molar-refractivity contribution < 1.29 is 0 Å². The van der Waals surface area contributed by atoms with Gasteiger partial charge < -0.3 is 11.1 Å². The van der Waals surface area contributed by atoms with Gasteiger partial charge in [-0.05, 0) is 30.2 Å². The summed E-state index contributed by atoms with van der Waals surface area (Å²) in [4.78, 5) is 8.17. The number of rotatable bonds is 3. The maximum atomic E-state index is 5.58. The zero-order valence-corrected chi connectivity index (χ0v) is 9.14. The number of nitrogens with two attached hydrogens (primary N) is 1. The molecule has 0 spiro atoms. The zero-order chi connectivity index (χ0) is 11.4. The van der Waals surface area contributed by atoms with Crippen LogP contribution in [0.1, 0.15) is 12.5 Å². The number of nitrogens with one attached hydrogen (secondary N) is 1. The molecule has 0 radical (unpaired) electrons. The minimum atomic E-state index is 0.462. The number of aromatic nitrogens is 2. The predicted molar refractivity (Wildman–Crippen MR) is 65.5 cm³/mol. The van der Waals surface area contributed by atoms with Crippen molar-refractivity contribution in [2.24, 2.45) is 0 Å². The molecular formula is C12H14N4. The molecule has 16 heavy (non-hydrogen) atoms. The fourth-order valence-corrected chi connectivity index (χ4v) is 1.43. The molecule has 0 saturated carbocycles. The summed E-state index contributed by atoms with van der Waals surface area (Å²) in [7, 11) is 0. The SMILES string of the molecule is CCc1cccc(Nc2nccc(N)n2)c1. The Hall–Kier alpha value is -2.10. The second kappa shape index (κ2) is 4.61. The standard InChI is InChI=1S/C12H14N4/c1-2-9-4-3-5-10(8-9)15-12-14-7-6-11(13)16-12/h3-8H,2H2,1H3,(H3,13,14,15,16). The molecule has 82 valence electrons. The summed E-state index contributed by atoms with van der Waals surface area (Å²) in [5.74, 6) is 0.984. The first-order valence-corrected chi connectivity index (χ1v) is 5.22. The van der Waals surface area contributed by atoms with Gasteiger partial charge in [-0.3, -0.25) is 0 Å². The molecule has 0 fully saturated rings. The lowest BCUT2D eigenvalue weighted by Crippen LogP contribution is -1.99. The van der Waals surface area contributed by atoms with Crippen LogP contribution in [0.4, 0.5) is 17.5 Å². The van der Waals surface area contributed by atoms with E-state index in [1.165, 1.54) is 5.56 Å².